The number of carbonyl (C=O) groups is 1. The summed E-state index contributed by atoms with van der Waals surface area (Å²) in [5.74, 6) is -0.165. The van der Waals surface area contributed by atoms with Crippen molar-refractivity contribution in [2.45, 2.75) is 19.8 Å². The van der Waals surface area contributed by atoms with Gasteiger partial charge in [-0.1, -0.05) is 15.9 Å². The number of ether oxygens (including phenoxy) is 2. The lowest BCUT2D eigenvalue weighted by atomic mass is 10.2. The summed E-state index contributed by atoms with van der Waals surface area (Å²) in [6.45, 7) is 1.78. The summed E-state index contributed by atoms with van der Waals surface area (Å²) in [6.07, 6.45) is 0.258. The zero-order chi connectivity index (χ0) is 16.0. The first kappa shape index (κ1) is 17.8. The number of anilines is 1. The summed E-state index contributed by atoms with van der Waals surface area (Å²) in [7, 11) is -0.822. The number of sulfonamides is 1. The summed E-state index contributed by atoms with van der Waals surface area (Å²) < 4.78 is 37.0. The summed E-state index contributed by atoms with van der Waals surface area (Å²) in [5, 5.41) is 0. The molecule has 8 heteroatoms. The number of nitrogens with one attached hydrogen (secondary N) is 1. The molecular formula is C13H18BrNO5S. The van der Waals surface area contributed by atoms with E-state index in [0.29, 0.717) is 11.4 Å². The standard InChI is InChI=1S/C13H18BrNO5S/c1-9-7-10(14)8-11(19-2)13(9)15-21(17,18)6-4-5-12(16)20-3/h7-8,15H,4-6H2,1-3H3. The molecule has 1 N–H and O–H groups in total. The van der Waals surface area contributed by atoms with Crippen LogP contribution in [0.15, 0.2) is 16.6 Å². The van der Waals surface area contributed by atoms with E-state index >= 15 is 0 Å². The number of hydrogen-bond donors (Lipinski definition) is 1. The van der Waals surface area contributed by atoms with Gasteiger partial charge in [0.2, 0.25) is 10.0 Å². The van der Waals surface area contributed by atoms with Crippen molar-refractivity contribution in [3.05, 3.63) is 22.2 Å². The van der Waals surface area contributed by atoms with Gasteiger partial charge in [-0.3, -0.25) is 9.52 Å². The summed E-state index contributed by atoms with van der Waals surface area (Å²) >= 11 is 3.32. The molecule has 0 unspecified atom stereocenters. The van der Waals surface area contributed by atoms with Crippen LogP contribution in [-0.4, -0.2) is 34.4 Å². The van der Waals surface area contributed by atoms with E-state index in [1.54, 1.807) is 19.1 Å². The molecule has 0 radical (unpaired) electrons. The zero-order valence-electron chi connectivity index (χ0n) is 12.1. The Morgan fingerprint density at radius 2 is 2.00 bits per heavy atom. The Balaban J connectivity index is 2.82. The van der Waals surface area contributed by atoms with Crippen molar-refractivity contribution in [2.24, 2.45) is 0 Å². The Bertz CT molecular complexity index is 615. The average molecular weight is 380 g/mol. The Morgan fingerprint density at radius 3 is 2.57 bits per heavy atom. The molecule has 1 aromatic rings. The molecule has 0 spiro atoms. The highest BCUT2D eigenvalue weighted by Gasteiger charge is 2.17. The monoisotopic (exact) mass is 379 g/mol. The molecule has 118 valence electrons. The number of halogens is 1. The van der Waals surface area contributed by atoms with Crippen molar-refractivity contribution < 1.29 is 22.7 Å². The van der Waals surface area contributed by atoms with Gasteiger partial charge in [-0.25, -0.2) is 8.42 Å². The molecular weight excluding hydrogens is 362 g/mol. The fourth-order valence-electron chi connectivity index (χ4n) is 1.72. The van der Waals surface area contributed by atoms with Gasteiger partial charge in [-0.2, -0.15) is 0 Å². The minimum absolute atomic E-state index is 0.0634. The molecule has 0 aliphatic rings. The highest BCUT2D eigenvalue weighted by atomic mass is 79.9. The van der Waals surface area contributed by atoms with Gasteiger partial charge in [-0.05, 0) is 31.0 Å². The van der Waals surface area contributed by atoms with Crippen LogP contribution in [-0.2, 0) is 19.6 Å². The fourth-order valence-corrected chi connectivity index (χ4v) is 3.47. The quantitative estimate of drug-likeness (QED) is 0.735. The molecule has 21 heavy (non-hydrogen) atoms. The molecule has 0 fully saturated rings. The molecule has 1 aromatic carbocycles. The Morgan fingerprint density at radius 1 is 1.33 bits per heavy atom. The maximum absolute atomic E-state index is 12.0. The molecule has 0 aromatic heterocycles. The third-order valence-corrected chi connectivity index (χ3v) is 4.56. The van der Waals surface area contributed by atoms with Gasteiger partial charge < -0.3 is 9.47 Å². The van der Waals surface area contributed by atoms with E-state index in [2.05, 4.69) is 25.4 Å². The number of rotatable bonds is 7. The van der Waals surface area contributed by atoms with Crippen molar-refractivity contribution in [3.8, 4) is 5.75 Å². The van der Waals surface area contributed by atoms with Gasteiger partial charge in [0.25, 0.3) is 0 Å². The minimum Gasteiger partial charge on any atom is -0.495 e. The van der Waals surface area contributed by atoms with Crippen molar-refractivity contribution in [1.29, 1.82) is 0 Å². The molecule has 0 saturated carbocycles. The van der Waals surface area contributed by atoms with Crippen LogP contribution >= 0.6 is 15.9 Å². The summed E-state index contributed by atoms with van der Waals surface area (Å²) in [5.41, 5.74) is 1.14. The first-order valence-electron chi connectivity index (χ1n) is 6.20. The lowest BCUT2D eigenvalue weighted by Crippen LogP contribution is -2.18. The Kier molecular flexibility index (Phi) is 6.47. The summed E-state index contributed by atoms with van der Waals surface area (Å²) in [6, 6.07) is 3.47. The summed E-state index contributed by atoms with van der Waals surface area (Å²) in [4.78, 5) is 11.0. The topological polar surface area (TPSA) is 81.7 Å². The van der Waals surface area contributed by atoms with E-state index < -0.39 is 16.0 Å². The Hall–Kier alpha value is -1.28. The van der Waals surface area contributed by atoms with Gasteiger partial charge in [0.05, 0.1) is 25.7 Å². The van der Waals surface area contributed by atoms with Gasteiger partial charge in [0.15, 0.2) is 0 Å². The van der Waals surface area contributed by atoms with Crippen molar-refractivity contribution in [2.75, 3.05) is 24.7 Å². The molecule has 0 aliphatic carbocycles. The van der Waals surface area contributed by atoms with Crippen molar-refractivity contribution in [3.63, 3.8) is 0 Å². The molecule has 1 rings (SSSR count). The van der Waals surface area contributed by atoms with E-state index in [-0.39, 0.29) is 18.6 Å². The van der Waals surface area contributed by atoms with E-state index in [0.717, 1.165) is 10.0 Å². The molecule has 0 atom stereocenters. The molecule has 6 nitrogen and oxygen atoms in total. The third kappa shape index (κ3) is 5.55. The van der Waals surface area contributed by atoms with Gasteiger partial charge in [0.1, 0.15) is 5.75 Å². The average Bonchev–Trinajstić information content (AvgIpc) is 2.41. The first-order chi connectivity index (χ1) is 9.79. The number of methoxy groups -OCH3 is 2. The van der Waals surface area contributed by atoms with Crippen LogP contribution < -0.4 is 9.46 Å². The highest BCUT2D eigenvalue weighted by Crippen LogP contribution is 2.32. The lowest BCUT2D eigenvalue weighted by Gasteiger charge is -2.14. The predicted molar refractivity (Wildman–Crippen MR) is 84.1 cm³/mol. The largest absolute Gasteiger partial charge is 0.495 e. The van der Waals surface area contributed by atoms with E-state index in [1.165, 1.54) is 14.2 Å². The SMILES string of the molecule is COC(=O)CCCS(=O)(=O)Nc1c(C)cc(Br)cc1OC. The lowest BCUT2D eigenvalue weighted by molar-refractivity contribution is -0.140. The number of carbonyl (C=O) groups excluding carboxylic acids is 1. The number of hydrogen-bond acceptors (Lipinski definition) is 5. The second kappa shape index (κ2) is 7.65. The van der Waals surface area contributed by atoms with Crippen molar-refractivity contribution in [1.82, 2.24) is 0 Å². The number of aryl methyl sites for hydroxylation is 1. The fraction of sp³-hybridized carbons (Fsp3) is 0.462. The number of esters is 1. The van der Waals surface area contributed by atoms with Gasteiger partial charge in [0, 0.05) is 10.9 Å². The van der Waals surface area contributed by atoms with E-state index in [9.17, 15) is 13.2 Å². The van der Waals surface area contributed by atoms with Crippen LogP contribution in [0.2, 0.25) is 0 Å². The van der Waals surface area contributed by atoms with Gasteiger partial charge >= 0.3 is 5.97 Å². The van der Waals surface area contributed by atoms with Crippen LogP contribution in [0.5, 0.6) is 5.75 Å². The van der Waals surface area contributed by atoms with Crippen molar-refractivity contribution >= 4 is 37.6 Å². The first-order valence-corrected chi connectivity index (χ1v) is 8.65. The van der Waals surface area contributed by atoms with E-state index in [4.69, 9.17) is 4.74 Å². The molecule has 0 bridgehead atoms. The van der Waals surface area contributed by atoms with Gasteiger partial charge in [-0.15, -0.1) is 0 Å². The minimum atomic E-state index is -3.56. The predicted octanol–water partition coefficient (Wildman–Crippen LogP) is 2.46. The second-order valence-electron chi connectivity index (χ2n) is 4.40. The molecule has 0 heterocycles. The van der Waals surface area contributed by atoms with Crippen LogP contribution in [0.3, 0.4) is 0 Å². The molecule has 0 saturated heterocycles. The third-order valence-electron chi connectivity index (χ3n) is 2.76. The second-order valence-corrected chi connectivity index (χ2v) is 7.16. The van der Waals surface area contributed by atoms with Crippen LogP contribution in [0.4, 0.5) is 5.69 Å². The number of benzene rings is 1. The normalized spacial score (nSPS) is 11.0. The molecule has 0 amide bonds. The Labute approximate surface area is 133 Å². The smallest absolute Gasteiger partial charge is 0.305 e. The molecule has 0 aliphatic heterocycles. The van der Waals surface area contributed by atoms with E-state index in [1.807, 2.05) is 0 Å². The zero-order valence-corrected chi connectivity index (χ0v) is 14.5. The maximum Gasteiger partial charge on any atom is 0.305 e. The maximum atomic E-state index is 12.0. The van der Waals surface area contributed by atoms with Crippen LogP contribution in [0.25, 0.3) is 0 Å². The van der Waals surface area contributed by atoms with Crippen LogP contribution in [0.1, 0.15) is 18.4 Å². The highest BCUT2D eigenvalue weighted by molar-refractivity contribution is 9.10. The van der Waals surface area contributed by atoms with Crippen LogP contribution in [0, 0.1) is 6.92 Å².